The van der Waals surface area contributed by atoms with Crippen molar-refractivity contribution < 1.29 is 22.7 Å². The molecule has 2 aromatic carbocycles. The van der Waals surface area contributed by atoms with Crippen LogP contribution in [-0.2, 0) is 21.3 Å². The highest BCUT2D eigenvalue weighted by atomic mass is 32.2. The third-order valence-corrected chi connectivity index (χ3v) is 6.94. The maximum atomic E-state index is 13.1. The molecule has 1 fully saturated rings. The zero-order valence-electron chi connectivity index (χ0n) is 17.6. The van der Waals surface area contributed by atoms with Crippen LogP contribution in [0.3, 0.4) is 0 Å². The quantitative estimate of drug-likeness (QED) is 0.672. The fourth-order valence-electron chi connectivity index (χ4n) is 3.34. The first kappa shape index (κ1) is 22.3. The van der Waals surface area contributed by atoms with Crippen molar-refractivity contribution in [1.82, 2.24) is 9.21 Å². The van der Waals surface area contributed by atoms with Crippen LogP contribution >= 0.6 is 0 Å². The lowest BCUT2D eigenvalue weighted by molar-refractivity contribution is 0.0730. The van der Waals surface area contributed by atoms with E-state index in [4.69, 9.17) is 9.47 Å². The molecule has 0 bridgehead atoms. The van der Waals surface area contributed by atoms with E-state index in [1.807, 2.05) is 38.1 Å². The van der Waals surface area contributed by atoms with Gasteiger partial charge in [0.2, 0.25) is 10.0 Å². The van der Waals surface area contributed by atoms with Crippen molar-refractivity contribution in [2.45, 2.75) is 25.3 Å². The van der Waals surface area contributed by atoms with Crippen molar-refractivity contribution in [3.8, 4) is 5.75 Å². The van der Waals surface area contributed by atoms with Gasteiger partial charge in [-0.05, 0) is 49.2 Å². The summed E-state index contributed by atoms with van der Waals surface area (Å²) in [6.45, 7) is 6.13. The van der Waals surface area contributed by atoms with Crippen molar-refractivity contribution in [2.24, 2.45) is 0 Å². The Morgan fingerprint density at radius 3 is 2.43 bits per heavy atom. The van der Waals surface area contributed by atoms with Crippen LogP contribution in [0.5, 0.6) is 5.75 Å². The molecule has 1 amide bonds. The number of carbonyl (C=O) groups excluding carboxylic acids is 1. The van der Waals surface area contributed by atoms with Gasteiger partial charge in [0.25, 0.3) is 5.91 Å². The van der Waals surface area contributed by atoms with Gasteiger partial charge in [0.05, 0.1) is 24.7 Å². The number of hydrogen-bond acceptors (Lipinski definition) is 5. The molecule has 1 aliphatic heterocycles. The van der Waals surface area contributed by atoms with Crippen molar-refractivity contribution in [2.75, 3.05) is 40.0 Å². The molecule has 3 rings (SSSR count). The second-order valence-corrected chi connectivity index (χ2v) is 9.17. The third kappa shape index (κ3) is 5.00. The van der Waals surface area contributed by atoms with Crippen LogP contribution in [0.25, 0.3) is 0 Å². The van der Waals surface area contributed by atoms with E-state index in [0.29, 0.717) is 45.0 Å². The number of amides is 1. The average molecular weight is 433 g/mol. The van der Waals surface area contributed by atoms with Crippen LogP contribution in [0.2, 0.25) is 0 Å². The number of morpholine rings is 1. The molecule has 1 aliphatic rings. The Morgan fingerprint density at radius 2 is 1.80 bits per heavy atom. The molecule has 162 valence electrons. The second-order valence-electron chi connectivity index (χ2n) is 7.23. The van der Waals surface area contributed by atoms with Gasteiger partial charge in [-0.15, -0.1) is 0 Å². The summed E-state index contributed by atoms with van der Waals surface area (Å²) >= 11 is 0. The number of nitrogens with zero attached hydrogens (tertiary/aromatic N) is 2. The summed E-state index contributed by atoms with van der Waals surface area (Å²) < 4.78 is 38.0. The van der Waals surface area contributed by atoms with E-state index in [2.05, 4.69) is 0 Å². The summed E-state index contributed by atoms with van der Waals surface area (Å²) in [5.41, 5.74) is 2.08. The summed E-state index contributed by atoms with van der Waals surface area (Å²) in [6, 6.07) is 12.3. The van der Waals surface area contributed by atoms with Crippen molar-refractivity contribution in [3.63, 3.8) is 0 Å². The molecular formula is C22H28N2O5S. The molecular weight excluding hydrogens is 404 g/mol. The number of ether oxygens (including phenoxy) is 2. The molecule has 1 heterocycles. The minimum Gasteiger partial charge on any atom is -0.494 e. The molecule has 0 N–H and O–H groups in total. The highest BCUT2D eigenvalue weighted by Crippen LogP contribution is 2.22. The van der Waals surface area contributed by atoms with Crippen LogP contribution in [-0.4, -0.2) is 63.5 Å². The lowest BCUT2D eigenvalue weighted by Crippen LogP contribution is -2.40. The Hall–Kier alpha value is -2.42. The van der Waals surface area contributed by atoms with Crippen LogP contribution in [0.1, 0.15) is 28.4 Å². The highest BCUT2D eigenvalue weighted by Gasteiger charge is 2.27. The molecule has 8 heteroatoms. The first-order valence-electron chi connectivity index (χ1n) is 9.98. The topological polar surface area (TPSA) is 76.2 Å². The fraction of sp³-hybridized carbons (Fsp3) is 0.409. The van der Waals surface area contributed by atoms with Crippen LogP contribution < -0.4 is 4.74 Å². The molecule has 0 spiro atoms. The van der Waals surface area contributed by atoms with Crippen LogP contribution in [0.4, 0.5) is 0 Å². The zero-order chi connectivity index (χ0) is 21.7. The molecule has 0 aliphatic carbocycles. The number of carbonyl (C=O) groups is 1. The largest absolute Gasteiger partial charge is 0.494 e. The summed E-state index contributed by atoms with van der Waals surface area (Å²) in [7, 11) is -1.95. The Bertz CT molecular complexity index is 983. The lowest BCUT2D eigenvalue weighted by Gasteiger charge is -2.26. The standard InChI is InChI=1S/C22H28N2O5S/c1-4-29-19-8-6-18(7-9-19)16-23(3)22(25)21-15-20(10-5-17(21)2)30(26,27)24-11-13-28-14-12-24/h5-10,15H,4,11-14,16H2,1-3H3. The second kappa shape index (κ2) is 9.59. The molecule has 0 radical (unpaired) electrons. The van der Waals surface area contributed by atoms with Gasteiger partial charge in [-0.1, -0.05) is 18.2 Å². The normalized spacial score (nSPS) is 15.0. The van der Waals surface area contributed by atoms with E-state index < -0.39 is 10.0 Å². The SMILES string of the molecule is CCOc1ccc(CN(C)C(=O)c2cc(S(=O)(=O)N3CCOCC3)ccc2C)cc1. The minimum absolute atomic E-state index is 0.132. The third-order valence-electron chi connectivity index (χ3n) is 5.05. The Morgan fingerprint density at radius 1 is 1.13 bits per heavy atom. The highest BCUT2D eigenvalue weighted by molar-refractivity contribution is 7.89. The molecule has 1 saturated heterocycles. The first-order chi connectivity index (χ1) is 14.3. The van der Waals surface area contributed by atoms with E-state index in [-0.39, 0.29) is 10.8 Å². The minimum atomic E-state index is -3.66. The predicted octanol–water partition coefficient (Wildman–Crippen LogP) is 2.69. The number of rotatable bonds is 7. The lowest BCUT2D eigenvalue weighted by atomic mass is 10.1. The maximum absolute atomic E-state index is 13.1. The van der Waals surface area contributed by atoms with Gasteiger partial charge in [-0.2, -0.15) is 4.31 Å². The summed E-state index contributed by atoms with van der Waals surface area (Å²) in [6.07, 6.45) is 0. The van der Waals surface area contributed by atoms with E-state index in [9.17, 15) is 13.2 Å². The Balaban J connectivity index is 1.78. The molecule has 0 atom stereocenters. The zero-order valence-corrected chi connectivity index (χ0v) is 18.4. The maximum Gasteiger partial charge on any atom is 0.254 e. The van der Waals surface area contributed by atoms with Crippen molar-refractivity contribution in [1.29, 1.82) is 0 Å². The smallest absolute Gasteiger partial charge is 0.254 e. The van der Waals surface area contributed by atoms with Crippen molar-refractivity contribution in [3.05, 3.63) is 59.2 Å². The number of hydrogen-bond donors (Lipinski definition) is 0. The van der Waals surface area contributed by atoms with Gasteiger partial charge in [0.1, 0.15) is 5.75 Å². The van der Waals surface area contributed by atoms with Gasteiger partial charge < -0.3 is 14.4 Å². The van der Waals surface area contributed by atoms with Crippen molar-refractivity contribution >= 4 is 15.9 Å². The number of aryl methyl sites for hydroxylation is 1. The molecule has 0 unspecified atom stereocenters. The van der Waals surface area contributed by atoms with Gasteiger partial charge in [0, 0.05) is 32.2 Å². The van der Waals surface area contributed by atoms with E-state index >= 15 is 0 Å². The Kier molecular flexibility index (Phi) is 7.12. The summed E-state index contributed by atoms with van der Waals surface area (Å²) in [5.74, 6) is 0.563. The van der Waals surface area contributed by atoms with Gasteiger partial charge in [0.15, 0.2) is 0 Å². The Labute approximate surface area is 178 Å². The number of sulfonamides is 1. The summed E-state index contributed by atoms with van der Waals surface area (Å²) in [5, 5.41) is 0. The molecule has 30 heavy (non-hydrogen) atoms. The average Bonchev–Trinajstić information content (AvgIpc) is 2.75. The van der Waals surface area contributed by atoms with Crippen LogP contribution in [0, 0.1) is 6.92 Å². The first-order valence-corrected chi connectivity index (χ1v) is 11.4. The number of benzene rings is 2. The van der Waals surface area contributed by atoms with E-state index in [1.165, 1.54) is 10.4 Å². The molecule has 0 saturated carbocycles. The van der Waals surface area contributed by atoms with Gasteiger partial charge >= 0.3 is 0 Å². The predicted molar refractivity (Wildman–Crippen MR) is 114 cm³/mol. The summed E-state index contributed by atoms with van der Waals surface area (Å²) in [4.78, 5) is 14.8. The van der Waals surface area contributed by atoms with Gasteiger partial charge in [-0.3, -0.25) is 4.79 Å². The van der Waals surface area contributed by atoms with E-state index in [1.54, 1.807) is 24.1 Å². The fourth-order valence-corrected chi connectivity index (χ4v) is 4.77. The van der Waals surface area contributed by atoms with Gasteiger partial charge in [-0.25, -0.2) is 8.42 Å². The monoisotopic (exact) mass is 432 g/mol. The van der Waals surface area contributed by atoms with E-state index in [0.717, 1.165) is 16.9 Å². The van der Waals surface area contributed by atoms with Crippen LogP contribution in [0.15, 0.2) is 47.4 Å². The molecule has 7 nitrogen and oxygen atoms in total. The molecule has 2 aromatic rings. The molecule has 0 aromatic heterocycles.